The molecule has 1 aromatic carbocycles. The van der Waals surface area contributed by atoms with E-state index in [-0.39, 0.29) is 17.3 Å². The molecule has 1 fully saturated rings. The second-order valence-electron chi connectivity index (χ2n) is 7.62. The molecule has 0 spiro atoms. The van der Waals surface area contributed by atoms with Gasteiger partial charge in [0.05, 0.1) is 23.5 Å². The first-order valence-electron chi connectivity index (χ1n) is 10.1. The molecule has 0 saturated carbocycles. The van der Waals surface area contributed by atoms with E-state index in [1.807, 2.05) is 17.8 Å². The highest BCUT2D eigenvalue weighted by Crippen LogP contribution is 2.27. The molecule has 0 amide bonds. The highest BCUT2D eigenvalue weighted by Gasteiger charge is 2.21. The monoisotopic (exact) mass is 423 g/mol. The summed E-state index contributed by atoms with van der Waals surface area (Å²) in [4.78, 5) is 4.28. The van der Waals surface area contributed by atoms with Crippen LogP contribution in [0.4, 0.5) is 15.9 Å². The van der Waals surface area contributed by atoms with Gasteiger partial charge in [-0.15, -0.1) is 0 Å². The summed E-state index contributed by atoms with van der Waals surface area (Å²) in [5, 5.41) is 12.7. The first-order chi connectivity index (χ1) is 15.0. The van der Waals surface area contributed by atoms with Gasteiger partial charge >= 0.3 is 0 Å². The zero-order valence-electron chi connectivity index (χ0n) is 17.3. The van der Waals surface area contributed by atoms with Crippen LogP contribution in [0.1, 0.15) is 30.0 Å². The van der Waals surface area contributed by atoms with Crippen LogP contribution in [0.25, 0.3) is 11.1 Å². The van der Waals surface area contributed by atoms with Crippen LogP contribution in [-0.4, -0.2) is 33.7 Å². The zero-order chi connectivity index (χ0) is 22.0. The van der Waals surface area contributed by atoms with Crippen LogP contribution >= 0.6 is 0 Å². The normalized spacial score (nSPS) is 15.3. The molecule has 0 atom stereocenters. The predicted molar refractivity (Wildman–Crippen MR) is 120 cm³/mol. The Labute approximate surface area is 179 Å². The number of rotatable bonds is 4. The number of hydrogen-bond donors (Lipinski definition) is 4. The predicted octanol–water partition coefficient (Wildman–Crippen LogP) is 1.90. The van der Waals surface area contributed by atoms with Crippen LogP contribution in [0.15, 0.2) is 48.0 Å². The Balaban J connectivity index is 1.67. The number of benzene rings is 1. The van der Waals surface area contributed by atoms with Crippen LogP contribution < -0.4 is 27.7 Å². The lowest BCUT2D eigenvalue weighted by atomic mass is 10.1. The second kappa shape index (κ2) is 8.70. The van der Waals surface area contributed by atoms with E-state index in [0.29, 0.717) is 11.6 Å². The number of piperidine rings is 1. The molecule has 3 aromatic rings. The fourth-order valence-corrected chi connectivity index (χ4v) is 3.75. The molecule has 0 unspecified atom stereocenters. The summed E-state index contributed by atoms with van der Waals surface area (Å²) >= 11 is 0. The van der Waals surface area contributed by atoms with Gasteiger partial charge in [0.2, 0.25) is 0 Å². The van der Waals surface area contributed by atoms with E-state index in [4.69, 9.17) is 17.4 Å². The zero-order valence-corrected chi connectivity index (χ0v) is 17.3. The Morgan fingerprint density at radius 3 is 2.74 bits per heavy atom. The third kappa shape index (κ3) is 4.21. The summed E-state index contributed by atoms with van der Waals surface area (Å²) < 4.78 is 16.4. The van der Waals surface area contributed by atoms with Gasteiger partial charge in [-0.1, -0.05) is 6.07 Å². The topological polar surface area (TPSA) is 136 Å². The molecule has 0 radical (unpaired) electrons. The van der Waals surface area contributed by atoms with Crippen LogP contribution in [0.3, 0.4) is 0 Å². The molecule has 31 heavy (non-hydrogen) atoms. The van der Waals surface area contributed by atoms with Crippen molar-refractivity contribution < 1.29 is 4.39 Å². The number of nitrogen functional groups attached to an aromatic ring is 1. The van der Waals surface area contributed by atoms with E-state index in [2.05, 4.69) is 20.5 Å². The van der Waals surface area contributed by atoms with Gasteiger partial charge < -0.3 is 16.9 Å². The molecule has 3 heterocycles. The Bertz CT molecular complexity index is 1100. The lowest BCUT2D eigenvalue weighted by molar-refractivity contribution is 0.343. The van der Waals surface area contributed by atoms with E-state index in [1.165, 1.54) is 6.07 Å². The van der Waals surface area contributed by atoms with Crippen molar-refractivity contribution in [1.82, 2.24) is 20.1 Å². The minimum absolute atomic E-state index is 0.0992. The van der Waals surface area contributed by atoms with Crippen molar-refractivity contribution >= 4 is 17.3 Å². The van der Waals surface area contributed by atoms with Gasteiger partial charge in [0.25, 0.3) is 0 Å². The molecular formula is C21H26FN9. The number of pyridine rings is 1. The molecule has 10 heteroatoms. The molecule has 1 aliphatic rings. The van der Waals surface area contributed by atoms with Crippen molar-refractivity contribution in [3.8, 4) is 11.1 Å². The van der Waals surface area contributed by atoms with Gasteiger partial charge in [0.15, 0.2) is 5.84 Å². The van der Waals surface area contributed by atoms with Crippen molar-refractivity contribution in [2.24, 2.45) is 16.8 Å². The van der Waals surface area contributed by atoms with Crippen molar-refractivity contribution in [2.75, 3.05) is 23.8 Å². The molecule has 2 aromatic heterocycles. The summed E-state index contributed by atoms with van der Waals surface area (Å²) in [7, 11) is 0. The number of anilines is 2. The fraction of sp³-hybridized carbons (Fsp3) is 0.286. The molecule has 0 aliphatic carbocycles. The third-order valence-electron chi connectivity index (χ3n) is 5.49. The van der Waals surface area contributed by atoms with Crippen LogP contribution in [0, 0.1) is 12.7 Å². The number of aromatic nitrogens is 3. The van der Waals surface area contributed by atoms with E-state index in [0.717, 1.165) is 47.6 Å². The van der Waals surface area contributed by atoms with E-state index >= 15 is 0 Å². The van der Waals surface area contributed by atoms with Gasteiger partial charge in [0.1, 0.15) is 11.6 Å². The molecule has 4 rings (SSSR count). The fourth-order valence-electron chi connectivity index (χ4n) is 3.75. The number of aryl methyl sites for hydroxylation is 1. The maximum Gasteiger partial charge on any atom is 0.178 e. The first kappa shape index (κ1) is 20.8. The molecular weight excluding hydrogens is 397 g/mol. The average Bonchev–Trinajstić information content (AvgIpc) is 3.28. The number of halogens is 1. The summed E-state index contributed by atoms with van der Waals surface area (Å²) in [5.41, 5.74) is 9.14. The van der Waals surface area contributed by atoms with Gasteiger partial charge in [0, 0.05) is 23.5 Å². The number of nitrogens with one attached hydrogen (secondary N) is 1. The van der Waals surface area contributed by atoms with Crippen molar-refractivity contribution in [1.29, 1.82) is 0 Å². The number of hydrazine groups is 1. The SMILES string of the molecule is Cc1ccc(F)c(N(N)/C(=N\N)c2cc(-c3cnn(C4CCNCC4)c3)cnc2N)c1. The van der Waals surface area contributed by atoms with Crippen molar-refractivity contribution in [3.05, 3.63) is 59.8 Å². The maximum atomic E-state index is 14.4. The van der Waals surface area contributed by atoms with E-state index in [9.17, 15) is 4.39 Å². The van der Waals surface area contributed by atoms with Crippen LogP contribution in [0.2, 0.25) is 0 Å². The highest BCUT2D eigenvalue weighted by atomic mass is 19.1. The molecule has 7 N–H and O–H groups in total. The lowest BCUT2D eigenvalue weighted by Crippen LogP contribution is -2.40. The number of amidine groups is 1. The quantitative estimate of drug-likeness (QED) is 0.218. The van der Waals surface area contributed by atoms with Crippen LogP contribution in [0.5, 0.6) is 0 Å². The molecule has 0 bridgehead atoms. The van der Waals surface area contributed by atoms with Gasteiger partial charge in [-0.2, -0.15) is 10.2 Å². The largest absolute Gasteiger partial charge is 0.383 e. The Morgan fingerprint density at radius 1 is 1.23 bits per heavy atom. The minimum Gasteiger partial charge on any atom is -0.383 e. The van der Waals surface area contributed by atoms with Gasteiger partial charge in [-0.25, -0.2) is 15.2 Å². The highest BCUT2D eigenvalue weighted by molar-refractivity contribution is 6.12. The molecule has 1 aliphatic heterocycles. The molecule has 162 valence electrons. The Hall–Kier alpha value is -3.50. The van der Waals surface area contributed by atoms with Crippen LogP contribution in [-0.2, 0) is 0 Å². The first-order valence-corrected chi connectivity index (χ1v) is 10.1. The summed E-state index contributed by atoms with van der Waals surface area (Å²) in [6.07, 6.45) is 7.50. The summed E-state index contributed by atoms with van der Waals surface area (Å²) in [6, 6.07) is 6.75. The van der Waals surface area contributed by atoms with E-state index < -0.39 is 5.82 Å². The standard InChI is InChI=1S/C21H26FN9/c1-13-2-3-18(22)19(8-13)31(25)21(29-24)17-9-14(10-27-20(17)23)15-11-28-30(12-15)16-4-6-26-7-5-16/h2-3,8-12,16,26H,4-7,24-25H2,1H3,(H2,23,27)/b29-21-. The van der Waals surface area contributed by atoms with E-state index in [1.54, 1.807) is 30.6 Å². The average molecular weight is 424 g/mol. The third-order valence-corrected chi connectivity index (χ3v) is 5.49. The summed E-state index contributed by atoms with van der Waals surface area (Å²) in [6.45, 7) is 3.80. The van der Waals surface area contributed by atoms with Crippen molar-refractivity contribution in [3.63, 3.8) is 0 Å². The van der Waals surface area contributed by atoms with Gasteiger partial charge in [-0.3, -0.25) is 9.69 Å². The van der Waals surface area contributed by atoms with Gasteiger partial charge in [-0.05, 0) is 56.6 Å². The number of nitrogens with two attached hydrogens (primary N) is 3. The van der Waals surface area contributed by atoms with Crippen molar-refractivity contribution in [2.45, 2.75) is 25.8 Å². The lowest BCUT2D eigenvalue weighted by Gasteiger charge is -2.22. The number of hydrogen-bond acceptors (Lipinski definition) is 7. The Kier molecular flexibility index (Phi) is 5.83. The minimum atomic E-state index is -0.500. The summed E-state index contributed by atoms with van der Waals surface area (Å²) in [5.74, 6) is 11.6. The molecule has 9 nitrogen and oxygen atoms in total. The second-order valence-corrected chi connectivity index (χ2v) is 7.62. The number of hydrazone groups is 1. The Morgan fingerprint density at radius 2 is 2.00 bits per heavy atom. The number of nitrogens with zero attached hydrogens (tertiary/aromatic N) is 5. The molecule has 1 saturated heterocycles. The smallest absolute Gasteiger partial charge is 0.178 e. The maximum absolute atomic E-state index is 14.4.